The summed E-state index contributed by atoms with van der Waals surface area (Å²) in [7, 11) is 0. The van der Waals surface area contributed by atoms with E-state index < -0.39 is 5.97 Å². The van der Waals surface area contributed by atoms with Gasteiger partial charge >= 0.3 is 5.97 Å². The maximum Gasteiger partial charge on any atom is 0.344 e. The first-order valence-electron chi connectivity index (χ1n) is 8.56. The third kappa shape index (κ3) is 3.61. The maximum atomic E-state index is 12.8. The smallest absolute Gasteiger partial charge is 0.344 e. The molecule has 0 saturated heterocycles. The second-order valence-electron chi connectivity index (χ2n) is 5.92. The standard InChI is InChI=1S/C20H15IN2O4S/c1-2-26-18(24)11-27-16-8-7-12(9-13(16)21)10-17-19(25)23-15-6-4-3-5-14(15)22-20(23)28-17/h3-10H,2,11H2,1H3/b17-10-. The molecule has 0 bridgehead atoms. The van der Waals surface area contributed by atoms with Gasteiger partial charge in [0, 0.05) is 0 Å². The fourth-order valence-electron chi connectivity index (χ4n) is 2.83. The van der Waals surface area contributed by atoms with E-state index in [1.54, 1.807) is 17.4 Å². The van der Waals surface area contributed by atoms with E-state index in [1.807, 2.05) is 42.5 Å². The molecule has 6 nitrogen and oxygen atoms in total. The lowest BCUT2D eigenvalue weighted by Crippen LogP contribution is -2.22. The Morgan fingerprint density at radius 2 is 2.11 bits per heavy atom. The molecule has 28 heavy (non-hydrogen) atoms. The van der Waals surface area contributed by atoms with Gasteiger partial charge in [0.15, 0.2) is 11.6 Å². The first-order chi connectivity index (χ1) is 13.6. The van der Waals surface area contributed by atoms with E-state index in [4.69, 9.17) is 9.47 Å². The normalized spacial score (nSPS) is 12.0. The van der Waals surface area contributed by atoms with Gasteiger partial charge in [0.1, 0.15) is 5.75 Å². The molecule has 142 valence electrons. The summed E-state index contributed by atoms with van der Waals surface area (Å²) in [6, 6.07) is 13.1. The predicted molar refractivity (Wildman–Crippen MR) is 117 cm³/mol. The highest BCUT2D eigenvalue weighted by atomic mass is 127. The van der Waals surface area contributed by atoms with E-state index in [-0.39, 0.29) is 12.2 Å². The Balaban J connectivity index is 1.65. The number of ether oxygens (including phenoxy) is 2. The largest absolute Gasteiger partial charge is 0.481 e. The monoisotopic (exact) mass is 506 g/mol. The summed E-state index contributed by atoms with van der Waals surface area (Å²) < 4.78 is 13.5. The van der Waals surface area contributed by atoms with E-state index in [0.717, 1.165) is 20.2 Å². The summed E-state index contributed by atoms with van der Waals surface area (Å²) in [6.07, 6.45) is 1.84. The highest BCUT2D eigenvalue weighted by Gasteiger charge is 2.11. The average Bonchev–Trinajstić information content (AvgIpc) is 3.18. The molecular weight excluding hydrogens is 491 g/mol. The predicted octanol–water partition coefficient (Wildman–Crippen LogP) is 3.00. The van der Waals surface area contributed by atoms with E-state index in [1.165, 1.54) is 11.3 Å². The molecule has 0 atom stereocenters. The van der Waals surface area contributed by atoms with Crippen LogP contribution < -0.4 is 14.8 Å². The van der Waals surface area contributed by atoms with Crippen LogP contribution in [0.5, 0.6) is 5.75 Å². The third-order valence-electron chi connectivity index (χ3n) is 4.05. The van der Waals surface area contributed by atoms with Gasteiger partial charge in [0.25, 0.3) is 5.56 Å². The number of para-hydroxylation sites is 2. The Bertz CT molecular complexity index is 1300. The van der Waals surface area contributed by atoms with Crippen molar-refractivity contribution in [3.05, 3.63) is 66.5 Å². The van der Waals surface area contributed by atoms with Crippen molar-refractivity contribution in [3.8, 4) is 5.75 Å². The zero-order chi connectivity index (χ0) is 19.7. The zero-order valence-electron chi connectivity index (χ0n) is 14.8. The Kier molecular flexibility index (Phi) is 5.31. The number of thiazole rings is 1. The van der Waals surface area contributed by atoms with E-state index in [0.29, 0.717) is 21.8 Å². The summed E-state index contributed by atoms with van der Waals surface area (Å²) in [5.41, 5.74) is 2.43. The molecule has 2 aromatic carbocycles. The number of aromatic nitrogens is 2. The number of esters is 1. The number of carbonyl (C=O) groups is 1. The highest BCUT2D eigenvalue weighted by molar-refractivity contribution is 14.1. The zero-order valence-corrected chi connectivity index (χ0v) is 17.8. The number of imidazole rings is 1. The maximum absolute atomic E-state index is 12.8. The van der Waals surface area contributed by atoms with Gasteiger partial charge in [-0.2, -0.15) is 0 Å². The topological polar surface area (TPSA) is 69.9 Å². The van der Waals surface area contributed by atoms with Crippen LogP contribution in [-0.2, 0) is 9.53 Å². The molecule has 0 fully saturated rings. The van der Waals surface area contributed by atoms with Crippen molar-refractivity contribution in [2.24, 2.45) is 0 Å². The van der Waals surface area contributed by atoms with Crippen LogP contribution in [0.2, 0.25) is 0 Å². The molecule has 2 aromatic heterocycles. The van der Waals surface area contributed by atoms with Crippen molar-refractivity contribution in [2.75, 3.05) is 13.2 Å². The molecule has 0 unspecified atom stereocenters. The van der Waals surface area contributed by atoms with Crippen LogP contribution in [-0.4, -0.2) is 28.6 Å². The highest BCUT2D eigenvalue weighted by Crippen LogP contribution is 2.23. The fourth-order valence-corrected chi connectivity index (χ4v) is 4.51. The second kappa shape index (κ2) is 7.88. The van der Waals surface area contributed by atoms with Gasteiger partial charge in [-0.05, 0) is 65.4 Å². The van der Waals surface area contributed by atoms with Gasteiger partial charge in [0.2, 0.25) is 0 Å². The minimum absolute atomic E-state index is 0.0775. The number of hydrogen-bond acceptors (Lipinski definition) is 6. The number of halogens is 1. The summed E-state index contributed by atoms with van der Waals surface area (Å²) in [5, 5.41) is 0. The molecule has 4 aromatic rings. The molecule has 0 spiro atoms. The third-order valence-corrected chi connectivity index (χ3v) is 5.86. The average molecular weight is 506 g/mol. The first kappa shape index (κ1) is 18.9. The van der Waals surface area contributed by atoms with Crippen molar-refractivity contribution in [1.29, 1.82) is 0 Å². The van der Waals surface area contributed by atoms with Crippen molar-refractivity contribution in [1.82, 2.24) is 9.38 Å². The molecule has 0 aliphatic heterocycles. The summed E-state index contributed by atoms with van der Waals surface area (Å²) >= 11 is 3.50. The lowest BCUT2D eigenvalue weighted by Gasteiger charge is -2.08. The number of carbonyl (C=O) groups excluding carboxylic acids is 1. The number of benzene rings is 2. The van der Waals surface area contributed by atoms with Gasteiger partial charge in [-0.25, -0.2) is 14.2 Å². The minimum atomic E-state index is -0.404. The summed E-state index contributed by atoms with van der Waals surface area (Å²) in [4.78, 5) is 29.5. The molecule has 8 heteroatoms. The van der Waals surface area contributed by atoms with Crippen LogP contribution in [0.1, 0.15) is 12.5 Å². The Hall–Kier alpha value is -2.46. The van der Waals surface area contributed by atoms with Crippen molar-refractivity contribution < 1.29 is 14.3 Å². The van der Waals surface area contributed by atoms with Crippen LogP contribution in [0.3, 0.4) is 0 Å². The molecule has 0 saturated carbocycles. The summed E-state index contributed by atoms with van der Waals surface area (Å²) in [5.74, 6) is 0.194. The Morgan fingerprint density at radius 1 is 1.29 bits per heavy atom. The minimum Gasteiger partial charge on any atom is -0.481 e. The molecule has 0 N–H and O–H groups in total. The quantitative estimate of drug-likeness (QED) is 0.308. The van der Waals surface area contributed by atoms with Gasteiger partial charge in [-0.1, -0.05) is 29.5 Å². The first-order valence-corrected chi connectivity index (χ1v) is 10.5. The Labute approximate surface area is 177 Å². The molecule has 0 radical (unpaired) electrons. The Morgan fingerprint density at radius 3 is 2.89 bits per heavy atom. The second-order valence-corrected chi connectivity index (χ2v) is 8.09. The van der Waals surface area contributed by atoms with Crippen molar-refractivity contribution in [3.63, 3.8) is 0 Å². The van der Waals surface area contributed by atoms with Gasteiger partial charge in [0.05, 0.1) is 25.7 Å². The van der Waals surface area contributed by atoms with Gasteiger partial charge in [-0.3, -0.25) is 4.79 Å². The van der Waals surface area contributed by atoms with E-state index in [9.17, 15) is 9.59 Å². The molecule has 4 rings (SSSR count). The van der Waals surface area contributed by atoms with E-state index in [2.05, 4.69) is 27.6 Å². The van der Waals surface area contributed by atoms with Gasteiger partial charge in [-0.15, -0.1) is 0 Å². The molecule has 2 heterocycles. The number of rotatable bonds is 5. The number of nitrogens with zero attached hydrogens (tertiary/aromatic N) is 2. The van der Waals surface area contributed by atoms with Crippen LogP contribution >= 0.6 is 33.9 Å². The number of fused-ring (bicyclic) bond motifs is 3. The lowest BCUT2D eigenvalue weighted by molar-refractivity contribution is -0.145. The van der Waals surface area contributed by atoms with Crippen molar-refractivity contribution >= 4 is 62.0 Å². The van der Waals surface area contributed by atoms with Crippen LogP contribution in [0.15, 0.2) is 47.3 Å². The lowest BCUT2D eigenvalue weighted by atomic mass is 10.2. The molecular formula is C20H15IN2O4S. The number of hydrogen-bond donors (Lipinski definition) is 0. The van der Waals surface area contributed by atoms with Crippen LogP contribution in [0.25, 0.3) is 22.1 Å². The van der Waals surface area contributed by atoms with Crippen LogP contribution in [0.4, 0.5) is 0 Å². The molecule has 0 aliphatic carbocycles. The van der Waals surface area contributed by atoms with Crippen LogP contribution in [0, 0.1) is 3.57 Å². The van der Waals surface area contributed by atoms with Gasteiger partial charge < -0.3 is 9.47 Å². The summed E-state index contributed by atoms with van der Waals surface area (Å²) in [6.45, 7) is 1.94. The van der Waals surface area contributed by atoms with Crippen molar-refractivity contribution in [2.45, 2.75) is 6.92 Å². The SMILES string of the molecule is CCOC(=O)COc1ccc(/C=c2\sc3nc4ccccc4n3c2=O)cc1I. The fraction of sp³-hybridized carbons (Fsp3) is 0.150. The van der Waals surface area contributed by atoms with E-state index >= 15 is 0 Å². The molecule has 0 amide bonds. The molecule has 0 aliphatic rings.